The maximum absolute atomic E-state index is 6.09. The van der Waals surface area contributed by atoms with Gasteiger partial charge in [-0.05, 0) is 50.8 Å². The Balaban J connectivity index is 1.71. The average Bonchev–Trinajstić information content (AvgIpc) is 2.87. The Morgan fingerprint density at radius 2 is 1.64 bits per heavy atom. The second-order valence-electron chi connectivity index (χ2n) is 8.55. The van der Waals surface area contributed by atoms with Gasteiger partial charge >= 0.3 is 7.12 Å². The highest BCUT2D eigenvalue weighted by molar-refractivity contribution is 6.62. The summed E-state index contributed by atoms with van der Waals surface area (Å²) >= 11 is 0. The molecule has 150 valence electrons. The fourth-order valence-electron chi connectivity index (χ4n) is 2.96. The van der Waals surface area contributed by atoms with Crippen LogP contribution in [0.2, 0.25) is 0 Å². The highest BCUT2D eigenvalue weighted by atomic mass is 16.7. The molecule has 0 bridgehead atoms. The van der Waals surface area contributed by atoms with Crippen LogP contribution in [0.5, 0.6) is 11.6 Å². The van der Waals surface area contributed by atoms with Gasteiger partial charge in [0, 0.05) is 11.7 Å². The smallest absolute Gasteiger partial charge is 0.491 e. The van der Waals surface area contributed by atoms with E-state index < -0.39 is 18.3 Å². The summed E-state index contributed by atoms with van der Waals surface area (Å²) in [4.78, 5) is 4.44. The maximum Gasteiger partial charge on any atom is 0.496 e. The van der Waals surface area contributed by atoms with Crippen LogP contribution in [0.1, 0.15) is 58.6 Å². The van der Waals surface area contributed by atoms with Gasteiger partial charge in [-0.25, -0.2) is 4.98 Å². The molecule has 2 aromatic rings. The summed E-state index contributed by atoms with van der Waals surface area (Å²) in [6.07, 6.45) is 1.72. The van der Waals surface area contributed by atoms with E-state index in [-0.39, 0.29) is 0 Å². The molecular weight excluding hydrogens is 353 g/mol. The standard InChI is InChI=1S/C22H30BNO4/c1-15(2)17-10-8-16(9-11-17)14-26-20-19(25-7)12-18(13-24-20)23-27-21(3,4)22(5,6)28-23/h8-13,15H,14H2,1-7H3. The third kappa shape index (κ3) is 4.18. The van der Waals surface area contributed by atoms with Crippen molar-refractivity contribution in [1.82, 2.24) is 4.98 Å². The number of aromatic nitrogens is 1. The van der Waals surface area contributed by atoms with Crippen LogP contribution in [-0.4, -0.2) is 30.4 Å². The van der Waals surface area contributed by atoms with Gasteiger partial charge in [-0.2, -0.15) is 0 Å². The highest BCUT2D eigenvalue weighted by Gasteiger charge is 2.52. The van der Waals surface area contributed by atoms with Crippen molar-refractivity contribution in [2.75, 3.05) is 7.11 Å². The molecule has 0 unspecified atom stereocenters. The molecule has 0 aliphatic carbocycles. The van der Waals surface area contributed by atoms with Crippen molar-refractivity contribution in [2.24, 2.45) is 0 Å². The molecule has 1 aromatic carbocycles. The average molecular weight is 383 g/mol. The molecule has 0 amide bonds. The summed E-state index contributed by atoms with van der Waals surface area (Å²) in [5, 5.41) is 0. The third-order valence-electron chi connectivity index (χ3n) is 5.61. The summed E-state index contributed by atoms with van der Waals surface area (Å²) in [5.74, 6) is 1.53. The number of benzene rings is 1. The van der Waals surface area contributed by atoms with Crippen LogP contribution >= 0.6 is 0 Å². The van der Waals surface area contributed by atoms with Crippen molar-refractivity contribution in [1.29, 1.82) is 0 Å². The molecule has 0 saturated carbocycles. The molecular formula is C22H30BNO4. The van der Waals surface area contributed by atoms with Gasteiger partial charge in [-0.15, -0.1) is 0 Å². The van der Waals surface area contributed by atoms with Crippen molar-refractivity contribution in [3.63, 3.8) is 0 Å². The van der Waals surface area contributed by atoms with Crippen molar-refractivity contribution >= 4 is 12.6 Å². The Labute approximate surface area is 168 Å². The van der Waals surface area contributed by atoms with Crippen LogP contribution in [-0.2, 0) is 15.9 Å². The van der Waals surface area contributed by atoms with Crippen LogP contribution in [0, 0.1) is 0 Å². The number of methoxy groups -OCH3 is 1. The van der Waals surface area contributed by atoms with Crippen molar-refractivity contribution < 1.29 is 18.8 Å². The Kier molecular flexibility index (Phi) is 5.73. The monoisotopic (exact) mass is 383 g/mol. The quantitative estimate of drug-likeness (QED) is 0.704. The Bertz CT molecular complexity index is 802. The van der Waals surface area contributed by atoms with E-state index in [2.05, 4.69) is 43.1 Å². The summed E-state index contributed by atoms with van der Waals surface area (Å²) in [7, 11) is 1.12. The third-order valence-corrected chi connectivity index (χ3v) is 5.61. The predicted octanol–water partition coefficient (Wildman–Crippen LogP) is 4.09. The minimum atomic E-state index is -0.482. The molecule has 0 N–H and O–H groups in total. The normalized spacial score (nSPS) is 17.8. The lowest BCUT2D eigenvalue weighted by Gasteiger charge is -2.32. The van der Waals surface area contributed by atoms with E-state index in [1.165, 1.54) is 5.56 Å². The molecule has 1 aliphatic heterocycles. The van der Waals surface area contributed by atoms with Gasteiger partial charge in [0.1, 0.15) is 6.61 Å². The van der Waals surface area contributed by atoms with Crippen molar-refractivity contribution in [2.45, 2.75) is 65.3 Å². The van der Waals surface area contributed by atoms with Crippen LogP contribution in [0.15, 0.2) is 36.5 Å². The first-order valence-electron chi connectivity index (χ1n) is 9.74. The minimum absolute atomic E-state index is 0.401. The SMILES string of the molecule is COc1cc(B2OC(C)(C)C(C)(C)O2)cnc1OCc1ccc(C(C)C)cc1. The van der Waals surface area contributed by atoms with Gasteiger partial charge in [-0.3, -0.25) is 0 Å². The fraction of sp³-hybridized carbons (Fsp3) is 0.500. The molecule has 5 nitrogen and oxygen atoms in total. The summed E-state index contributed by atoms with van der Waals surface area (Å²) in [5.41, 5.74) is 2.41. The van der Waals surface area contributed by atoms with Gasteiger partial charge in [0.15, 0.2) is 5.75 Å². The molecule has 2 heterocycles. The van der Waals surface area contributed by atoms with E-state index >= 15 is 0 Å². The lowest BCUT2D eigenvalue weighted by Crippen LogP contribution is -2.41. The van der Waals surface area contributed by atoms with Crippen molar-refractivity contribution in [3.8, 4) is 11.6 Å². The van der Waals surface area contributed by atoms with Gasteiger partial charge < -0.3 is 18.8 Å². The van der Waals surface area contributed by atoms with E-state index in [0.29, 0.717) is 24.2 Å². The van der Waals surface area contributed by atoms with Crippen LogP contribution in [0.3, 0.4) is 0 Å². The van der Waals surface area contributed by atoms with Crippen LogP contribution < -0.4 is 14.9 Å². The molecule has 6 heteroatoms. The second kappa shape index (κ2) is 7.76. The topological polar surface area (TPSA) is 49.8 Å². The van der Waals surface area contributed by atoms with Gasteiger partial charge in [0.25, 0.3) is 5.88 Å². The molecule has 0 spiro atoms. The number of hydrogen-bond acceptors (Lipinski definition) is 5. The summed E-state index contributed by atoms with van der Waals surface area (Å²) in [6, 6.07) is 10.3. The Morgan fingerprint density at radius 3 is 2.18 bits per heavy atom. The zero-order valence-electron chi connectivity index (χ0n) is 17.9. The van der Waals surface area contributed by atoms with E-state index in [1.54, 1.807) is 13.3 Å². The Morgan fingerprint density at radius 1 is 1.04 bits per heavy atom. The zero-order chi connectivity index (χ0) is 20.5. The van der Waals surface area contributed by atoms with E-state index in [1.807, 2.05) is 33.8 Å². The predicted molar refractivity (Wildman–Crippen MR) is 111 cm³/mol. The van der Waals surface area contributed by atoms with Gasteiger partial charge in [-0.1, -0.05) is 38.1 Å². The lowest BCUT2D eigenvalue weighted by atomic mass is 9.80. The van der Waals surface area contributed by atoms with E-state index in [0.717, 1.165) is 11.0 Å². The first-order chi connectivity index (χ1) is 13.1. The molecule has 28 heavy (non-hydrogen) atoms. The molecule has 1 fully saturated rings. The highest BCUT2D eigenvalue weighted by Crippen LogP contribution is 2.37. The number of nitrogens with zero attached hydrogens (tertiary/aromatic N) is 1. The van der Waals surface area contributed by atoms with E-state index in [4.69, 9.17) is 18.8 Å². The molecule has 0 atom stereocenters. The maximum atomic E-state index is 6.09. The van der Waals surface area contributed by atoms with Crippen LogP contribution in [0.4, 0.5) is 0 Å². The van der Waals surface area contributed by atoms with Gasteiger partial charge in [0.2, 0.25) is 0 Å². The molecule has 0 radical (unpaired) electrons. The summed E-state index contributed by atoms with van der Waals surface area (Å²) < 4.78 is 23.6. The minimum Gasteiger partial charge on any atom is -0.491 e. The van der Waals surface area contributed by atoms with Crippen LogP contribution in [0.25, 0.3) is 0 Å². The summed E-state index contributed by atoms with van der Waals surface area (Å²) in [6.45, 7) is 12.9. The lowest BCUT2D eigenvalue weighted by molar-refractivity contribution is 0.00578. The van der Waals surface area contributed by atoms with Gasteiger partial charge in [0.05, 0.1) is 18.3 Å². The molecule has 3 rings (SSSR count). The number of hydrogen-bond donors (Lipinski definition) is 0. The molecule has 1 aromatic heterocycles. The first-order valence-corrected chi connectivity index (χ1v) is 9.74. The second-order valence-corrected chi connectivity index (χ2v) is 8.55. The van der Waals surface area contributed by atoms with E-state index in [9.17, 15) is 0 Å². The van der Waals surface area contributed by atoms with Crippen molar-refractivity contribution in [3.05, 3.63) is 47.7 Å². The Hall–Kier alpha value is -2.05. The number of ether oxygens (including phenoxy) is 2. The first kappa shape index (κ1) is 20.7. The molecule has 1 saturated heterocycles. The number of rotatable bonds is 6. The number of pyridine rings is 1. The zero-order valence-corrected chi connectivity index (χ0v) is 17.9. The fourth-order valence-corrected chi connectivity index (χ4v) is 2.96. The largest absolute Gasteiger partial charge is 0.496 e. The molecule has 1 aliphatic rings.